The minimum absolute atomic E-state index is 0. The van der Waals surface area contributed by atoms with Crippen LogP contribution in [0.4, 0.5) is 0 Å². The van der Waals surface area contributed by atoms with Crippen molar-refractivity contribution in [1.29, 1.82) is 0 Å². The number of unbranched alkanes of at least 4 members (excludes halogenated alkanes) is 2. The zero-order valence-electron chi connectivity index (χ0n) is 24.5. The van der Waals surface area contributed by atoms with Gasteiger partial charge >= 0.3 is 26.2 Å². The maximum atomic E-state index is 3.80. The van der Waals surface area contributed by atoms with Gasteiger partial charge in [-0.15, -0.1) is 33.4 Å². The molecule has 0 aliphatic heterocycles. The fourth-order valence-electron chi connectivity index (χ4n) is 6.01. The summed E-state index contributed by atoms with van der Waals surface area (Å²) in [6.07, 6.45) is 18.7. The molecule has 0 heterocycles. The molecule has 2 aliphatic carbocycles. The third-order valence-corrected chi connectivity index (χ3v) is 8.17. The van der Waals surface area contributed by atoms with Gasteiger partial charge in [-0.2, -0.15) is 0 Å². The van der Waals surface area contributed by atoms with E-state index in [1.807, 2.05) is 0 Å². The van der Waals surface area contributed by atoms with E-state index in [9.17, 15) is 0 Å². The van der Waals surface area contributed by atoms with Crippen LogP contribution in [-0.4, -0.2) is 0 Å². The first kappa shape index (κ1) is 34.1. The van der Waals surface area contributed by atoms with E-state index in [2.05, 4.69) is 123 Å². The summed E-state index contributed by atoms with van der Waals surface area (Å²) in [5.74, 6) is 0. The third kappa shape index (κ3) is 7.02. The van der Waals surface area contributed by atoms with Gasteiger partial charge in [0.25, 0.3) is 0 Å². The molecule has 0 spiro atoms. The Kier molecular flexibility index (Phi) is 12.9. The van der Waals surface area contributed by atoms with Crippen molar-refractivity contribution >= 4 is 17.2 Å². The Bertz CT molecular complexity index is 1730. The maximum Gasteiger partial charge on any atom is 3.00 e. The number of hydrogen-bond acceptors (Lipinski definition) is 0. The van der Waals surface area contributed by atoms with Crippen LogP contribution in [0.5, 0.6) is 0 Å². The van der Waals surface area contributed by atoms with Gasteiger partial charge < -0.3 is 24.8 Å². The Morgan fingerprint density at radius 3 is 1.83 bits per heavy atom. The molecule has 211 valence electrons. The number of rotatable bonds is 9. The normalized spacial score (nSPS) is 12.2. The van der Waals surface area contributed by atoms with E-state index in [-0.39, 0.29) is 51.0 Å². The van der Waals surface area contributed by atoms with Crippen molar-refractivity contribution in [2.24, 2.45) is 0 Å². The van der Waals surface area contributed by atoms with Crippen LogP contribution < -0.4 is 35.3 Å². The molecule has 0 bridgehead atoms. The molecule has 1 radical (unpaired) electrons. The first-order chi connectivity index (χ1) is 19.3. The van der Waals surface area contributed by atoms with Crippen LogP contribution in [0.1, 0.15) is 79.3 Å². The molecule has 2 aliphatic rings. The SMILES string of the molecule is CCCCc1ccc(C(c2ccc(CCCC)cc2)=c2ccc3c(c2C2=CC=CC2)[C-]=c2ccccc2=3)cc1.[Cl-].[Cl-].[Zr+3]. The summed E-state index contributed by atoms with van der Waals surface area (Å²) in [6.45, 7) is 4.53. The van der Waals surface area contributed by atoms with Crippen molar-refractivity contribution in [3.63, 3.8) is 0 Å². The molecule has 42 heavy (non-hydrogen) atoms. The van der Waals surface area contributed by atoms with Gasteiger partial charge in [0.05, 0.1) is 0 Å². The maximum absolute atomic E-state index is 3.80. The van der Waals surface area contributed by atoms with Gasteiger partial charge in [-0.25, -0.2) is 0 Å². The number of aryl methyl sites for hydroxylation is 2. The molecule has 0 N–H and O–H groups in total. The average molecular weight is 668 g/mol. The average Bonchev–Trinajstić information content (AvgIpc) is 3.65. The van der Waals surface area contributed by atoms with Crippen LogP contribution in [0.25, 0.3) is 17.2 Å². The topological polar surface area (TPSA) is 0 Å². The monoisotopic (exact) mass is 665 g/mol. The third-order valence-electron chi connectivity index (χ3n) is 8.17. The molecule has 0 saturated heterocycles. The van der Waals surface area contributed by atoms with Gasteiger partial charge in [-0.05, 0) is 65.1 Å². The Morgan fingerprint density at radius 2 is 1.29 bits per heavy atom. The largest absolute Gasteiger partial charge is 3.00 e. The number of allylic oxidation sites excluding steroid dienone is 4. The Balaban J connectivity index is 0.00000161. The molecule has 4 aromatic carbocycles. The molecular weight excluding hydrogens is 631 g/mol. The molecule has 0 saturated carbocycles. The Labute approximate surface area is 282 Å². The number of halogens is 2. The van der Waals surface area contributed by atoms with E-state index in [0.29, 0.717) is 0 Å². The zero-order chi connectivity index (χ0) is 26.6. The smallest absolute Gasteiger partial charge is 1.00 e. The van der Waals surface area contributed by atoms with Crippen molar-refractivity contribution < 1.29 is 51.0 Å². The summed E-state index contributed by atoms with van der Waals surface area (Å²) in [5, 5.41) is 5.07. The summed E-state index contributed by atoms with van der Waals surface area (Å²) >= 11 is 0. The van der Waals surface area contributed by atoms with Crippen molar-refractivity contribution in [2.45, 2.75) is 58.8 Å². The van der Waals surface area contributed by atoms with Crippen molar-refractivity contribution in [3.05, 3.63) is 157 Å². The van der Waals surface area contributed by atoms with E-state index in [1.54, 1.807) is 0 Å². The minimum atomic E-state index is 0. The van der Waals surface area contributed by atoms with Crippen molar-refractivity contribution in [1.82, 2.24) is 0 Å². The van der Waals surface area contributed by atoms with Gasteiger partial charge in [0.1, 0.15) is 0 Å². The number of hydrogen-bond donors (Lipinski definition) is 0. The predicted molar refractivity (Wildman–Crippen MR) is 166 cm³/mol. The molecule has 0 fully saturated rings. The molecule has 0 unspecified atom stereocenters. The van der Waals surface area contributed by atoms with Crippen LogP contribution in [0.15, 0.2) is 103 Å². The number of benzene rings is 4. The molecular formula is C39H37Cl2Zr. The van der Waals surface area contributed by atoms with E-state index >= 15 is 0 Å². The van der Waals surface area contributed by atoms with Crippen molar-refractivity contribution in [3.8, 4) is 0 Å². The molecule has 0 atom stereocenters. The van der Waals surface area contributed by atoms with E-state index in [0.717, 1.165) is 19.3 Å². The molecule has 0 nitrogen and oxygen atoms in total. The van der Waals surface area contributed by atoms with Gasteiger partial charge in [0.15, 0.2) is 0 Å². The van der Waals surface area contributed by atoms with Crippen molar-refractivity contribution in [2.75, 3.05) is 0 Å². The van der Waals surface area contributed by atoms with Crippen LogP contribution in [0.2, 0.25) is 0 Å². The molecule has 3 heteroatoms. The summed E-state index contributed by atoms with van der Waals surface area (Å²) in [5.41, 5.74) is 10.6. The first-order valence-corrected chi connectivity index (χ1v) is 14.7. The van der Waals surface area contributed by atoms with Gasteiger partial charge in [0.2, 0.25) is 0 Å². The first-order valence-electron chi connectivity index (χ1n) is 14.7. The second-order valence-electron chi connectivity index (χ2n) is 10.9. The fourth-order valence-corrected chi connectivity index (χ4v) is 6.01. The van der Waals surface area contributed by atoms with E-state index in [4.69, 9.17) is 0 Å². The van der Waals surface area contributed by atoms with Gasteiger partial charge in [-0.3, -0.25) is 0 Å². The van der Waals surface area contributed by atoms with E-state index in [1.165, 1.54) is 91.1 Å². The van der Waals surface area contributed by atoms with Gasteiger partial charge in [0, 0.05) is 0 Å². The standard InChI is InChI=1S/C39H37.2ClH.Zr/c1-3-5-11-28-17-21-31(22-18-28)38(32-23-19-29(20-24-32)12-6-4-2)36-26-25-35-34-16-10-9-15-33(34)27-37(35)39(36)30-13-7-8-14-30;;;/h7-10,13,15-26H,3-6,11-12,14H2,1-2H3;2*1H;/q-1;;;+3/p-2. The summed E-state index contributed by atoms with van der Waals surface area (Å²) in [7, 11) is 0. The zero-order valence-corrected chi connectivity index (χ0v) is 28.5. The Hall–Kier alpha value is -2.44. The summed E-state index contributed by atoms with van der Waals surface area (Å²) in [6, 6.07) is 32.0. The molecule has 6 rings (SSSR count). The molecule has 0 amide bonds. The van der Waals surface area contributed by atoms with Crippen LogP contribution in [0.3, 0.4) is 0 Å². The number of fused-ring (bicyclic) bond motifs is 2. The second-order valence-corrected chi connectivity index (χ2v) is 10.9. The predicted octanol–water partition coefficient (Wildman–Crippen LogP) is 2.27. The van der Waals surface area contributed by atoms with Gasteiger partial charge in [-0.1, -0.05) is 135 Å². The summed E-state index contributed by atoms with van der Waals surface area (Å²) in [4.78, 5) is 0. The molecule has 0 aromatic heterocycles. The quantitative estimate of drug-likeness (QED) is 0.212. The summed E-state index contributed by atoms with van der Waals surface area (Å²) < 4.78 is 0. The molecule has 4 aromatic rings. The fraction of sp³-hybridized carbons (Fsp3) is 0.231. The second kappa shape index (κ2) is 15.9. The Morgan fingerprint density at radius 1 is 0.690 bits per heavy atom. The van der Waals surface area contributed by atoms with Crippen LogP contribution >= 0.6 is 0 Å². The van der Waals surface area contributed by atoms with E-state index < -0.39 is 0 Å². The minimum Gasteiger partial charge on any atom is -1.00 e. The van der Waals surface area contributed by atoms with Crippen LogP contribution in [-0.2, 0) is 39.0 Å². The van der Waals surface area contributed by atoms with Crippen LogP contribution in [0, 0.1) is 10.4 Å².